The number of hydrogen-bond acceptors (Lipinski definition) is 2. The van der Waals surface area contributed by atoms with Crippen molar-refractivity contribution < 1.29 is 4.74 Å². The minimum Gasteiger partial charge on any atom is -0.497 e. The van der Waals surface area contributed by atoms with Crippen LogP contribution in [0, 0.1) is 11.8 Å². The smallest absolute Gasteiger partial charge is 0.118 e. The Kier molecular flexibility index (Phi) is 6.56. The molecule has 0 aromatic heterocycles. The Morgan fingerprint density at radius 1 is 1.05 bits per heavy atom. The molecule has 1 N–H and O–H groups in total. The van der Waals surface area contributed by atoms with Gasteiger partial charge >= 0.3 is 0 Å². The molecule has 118 valence electrons. The molecule has 1 saturated carbocycles. The van der Waals surface area contributed by atoms with Crippen LogP contribution >= 0.6 is 0 Å². The first-order valence-electron chi connectivity index (χ1n) is 8.55. The quantitative estimate of drug-likeness (QED) is 0.791. The van der Waals surface area contributed by atoms with E-state index < -0.39 is 0 Å². The van der Waals surface area contributed by atoms with Crippen LogP contribution in [0.25, 0.3) is 0 Å². The molecule has 1 aromatic rings. The molecule has 2 rings (SSSR count). The van der Waals surface area contributed by atoms with Crippen molar-refractivity contribution in [1.82, 2.24) is 5.32 Å². The molecule has 1 aliphatic rings. The monoisotopic (exact) mass is 289 g/mol. The maximum Gasteiger partial charge on any atom is 0.118 e. The fourth-order valence-electron chi connectivity index (χ4n) is 3.47. The molecule has 2 nitrogen and oxygen atoms in total. The molecule has 0 amide bonds. The van der Waals surface area contributed by atoms with Crippen LogP contribution < -0.4 is 10.1 Å². The molecule has 1 unspecified atom stereocenters. The normalized spacial score (nSPS) is 17.9. The Labute approximate surface area is 130 Å². The summed E-state index contributed by atoms with van der Waals surface area (Å²) in [6, 6.07) is 8.73. The second-order valence-electron chi connectivity index (χ2n) is 6.83. The molecule has 0 saturated heterocycles. The molecule has 1 aromatic carbocycles. The van der Waals surface area contributed by atoms with Crippen molar-refractivity contribution in [3.63, 3.8) is 0 Å². The van der Waals surface area contributed by atoms with Crippen LogP contribution in [0.2, 0.25) is 0 Å². The van der Waals surface area contributed by atoms with E-state index in [9.17, 15) is 0 Å². The Balaban J connectivity index is 2.05. The van der Waals surface area contributed by atoms with Crippen molar-refractivity contribution in [3.05, 3.63) is 29.8 Å². The van der Waals surface area contributed by atoms with E-state index in [2.05, 4.69) is 43.4 Å². The highest BCUT2D eigenvalue weighted by atomic mass is 16.5. The molecule has 21 heavy (non-hydrogen) atoms. The van der Waals surface area contributed by atoms with Gasteiger partial charge in [-0.25, -0.2) is 0 Å². The third kappa shape index (κ3) is 5.03. The average molecular weight is 289 g/mol. The summed E-state index contributed by atoms with van der Waals surface area (Å²) in [7, 11) is 1.73. The average Bonchev–Trinajstić information content (AvgIpc) is 2.52. The van der Waals surface area contributed by atoms with Gasteiger partial charge in [-0.15, -0.1) is 0 Å². The standard InChI is InChI=1S/C19H31NO/c1-15(2)13-20-14-19(16-7-5-4-6-8-16)17-9-11-18(21-3)12-10-17/h9-12,15-16,19-20H,4-8,13-14H2,1-3H3. The molecule has 0 bridgehead atoms. The van der Waals surface area contributed by atoms with Crippen LogP contribution in [-0.4, -0.2) is 20.2 Å². The van der Waals surface area contributed by atoms with Gasteiger partial charge in [0.1, 0.15) is 5.75 Å². The minimum absolute atomic E-state index is 0.648. The number of methoxy groups -OCH3 is 1. The van der Waals surface area contributed by atoms with Crippen LogP contribution in [0.15, 0.2) is 24.3 Å². The van der Waals surface area contributed by atoms with Crippen molar-refractivity contribution in [3.8, 4) is 5.75 Å². The predicted octanol–water partition coefficient (Wildman–Crippen LogP) is 4.60. The second kappa shape index (κ2) is 8.43. The summed E-state index contributed by atoms with van der Waals surface area (Å²) in [5, 5.41) is 3.68. The van der Waals surface area contributed by atoms with E-state index in [0.29, 0.717) is 11.8 Å². The Hall–Kier alpha value is -1.02. The van der Waals surface area contributed by atoms with E-state index in [1.165, 1.54) is 37.7 Å². The lowest BCUT2D eigenvalue weighted by molar-refractivity contribution is 0.294. The zero-order chi connectivity index (χ0) is 15.1. The number of ether oxygens (including phenoxy) is 1. The molecular formula is C19H31NO. The van der Waals surface area contributed by atoms with Crippen LogP contribution in [0.5, 0.6) is 5.75 Å². The Morgan fingerprint density at radius 3 is 2.29 bits per heavy atom. The van der Waals surface area contributed by atoms with Crippen molar-refractivity contribution in [2.24, 2.45) is 11.8 Å². The van der Waals surface area contributed by atoms with Gasteiger partial charge in [-0.05, 0) is 54.8 Å². The number of benzene rings is 1. The maximum atomic E-state index is 5.29. The summed E-state index contributed by atoms with van der Waals surface area (Å²) in [5.74, 6) is 3.16. The Bertz CT molecular complexity index is 393. The number of hydrogen-bond donors (Lipinski definition) is 1. The molecule has 0 radical (unpaired) electrons. The molecule has 0 spiro atoms. The zero-order valence-corrected chi connectivity index (χ0v) is 13.9. The van der Waals surface area contributed by atoms with Crippen LogP contribution in [0.1, 0.15) is 57.4 Å². The van der Waals surface area contributed by atoms with E-state index in [1.807, 2.05) is 0 Å². The first kappa shape index (κ1) is 16.4. The molecule has 0 aliphatic heterocycles. The first-order chi connectivity index (χ1) is 10.2. The van der Waals surface area contributed by atoms with Crippen LogP contribution in [-0.2, 0) is 0 Å². The van der Waals surface area contributed by atoms with Crippen LogP contribution in [0.3, 0.4) is 0 Å². The summed E-state index contributed by atoms with van der Waals surface area (Å²) in [4.78, 5) is 0. The van der Waals surface area contributed by atoms with Gasteiger partial charge < -0.3 is 10.1 Å². The van der Waals surface area contributed by atoms with Gasteiger partial charge in [0, 0.05) is 6.54 Å². The summed E-state index contributed by atoms with van der Waals surface area (Å²) in [6.07, 6.45) is 7.01. The minimum atomic E-state index is 0.648. The van der Waals surface area contributed by atoms with Gasteiger partial charge in [-0.2, -0.15) is 0 Å². The fraction of sp³-hybridized carbons (Fsp3) is 0.684. The SMILES string of the molecule is COc1ccc(C(CNCC(C)C)C2CCCCC2)cc1. The van der Waals surface area contributed by atoms with E-state index in [1.54, 1.807) is 7.11 Å². The fourth-order valence-corrected chi connectivity index (χ4v) is 3.47. The van der Waals surface area contributed by atoms with Crippen molar-refractivity contribution in [2.75, 3.05) is 20.2 Å². The highest BCUT2D eigenvalue weighted by Crippen LogP contribution is 2.36. The third-order valence-corrected chi connectivity index (χ3v) is 4.68. The van der Waals surface area contributed by atoms with E-state index in [4.69, 9.17) is 4.74 Å². The molecule has 0 heterocycles. The Morgan fingerprint density at radius 2 is 1.71 bits per heavy atom. The summed E-state index contributed by atoms with van der Waals surface area (Å²) in [6.45, 7) is 6.76. The van der Waals surface area contributed by atoms with Crippen LogP contribution in [0.4, 0.5) is 0 Å². The topological polar surface area (TPSA) is 21.3 Å². The second-order valence-corrected chi connectivity index (χ2v) is 6.83. The van der Waals surface area contributed by atoms with E-state index in [-0.39, 0.29) is 0 Å². The third-order valence-electron chi connectivity index (χ3n) is 4.68. The van der Waals surface area contributed by atoms with E-state index in [0.717, 1.165) is 24.8 Å². The number of rotatable bonds is 7. The zero-order valence-electron chi connectivity index (χ0n) is 13.9. The van der Waals surface area contributed by atoms with Gasteiger partial charge in [-0.1, -0.05) is 45.2 Å². The largest absolute Gasteiger partial charge is 0.497 e. The van der Waals surface area contributed by atoms with Gasteiger partial charge in [0.05, 0.1) is 7.11 Å². The van der Waals surface area contributed by atoms with Gasteiger partial charge in [0.2, 0.25) is 0 Å². The van der Waals surface area contributed by atoms with Gasteiger partial charge in [0.25, 0.3) is 0 Å². The van der Waals surface area contributed by atoms with E-state index >= 15 is 0 Å². The molecule has 1 aliphatic carbocycles. The highest BCUT2D eigenvalue weighted by Gasteiger charge is 2.24. The lowest BCUT2D eigenvalue weighted by atomic mass is 9.76. The first-order valence-corrected chi connectivity index (χ1v) is 8.55. The number of nitrogens with one attached hydrogen (secondary N) is 1. The predicted molar refractivity (Wildman–Crippen MR) is 90.0 cm³/mol. The van der Waals surface area contributed by atoms with Gasteiger partial charge in [-0.3, -0.25) is 0 Å². The lowest BCUT2D eigenvalue weighted by Crippen LogP contribution is -2.30. The molecular weight excluding hydrogens is 258 g/mol. The molecule has 1 atom stereocenters. The van der Waals surface area contributed by atoms with Crippen molar-refractivity contribution in [1.29, 1.82) is 0 Å². The highest BCUT2D eigenvalue weighted by molar-refractivity contribution is 5.30. The van der Waals surface area contributed by atoms with Crippen molar-refractivity contribution >= 4 is 0 Å². The summed E-state index contributed by atoms with van der Waals surface area (Å²) < 4.78 is 5.29. The lowest BCUT2D eigenvalue weighted by Gasteiger charge is -2.31. The molecule has 1 fully saturated rings. The summed E-state index contributed by atoms with van der Waals surface area (Å²) >= 11 is 0. The maximum absolute atomic E-state index is 5.29. The molecule has 2 heteroatoms. The van der Waals surface area contributed by atoms with Gasteiger partial charge in [0.15, 0.2) is 0 Å². The van der Waals surface area contributed by atoms with Crippen molar-refractivity contribution in [2.45, 2.75) is 51.9 Å². The summed E-state index contributed by atoms with van der Waals surface area (Å²) in [5.41, 5.74) is 1.47.